The number of esters is 1. The number of pyridine rings is 1. The number of hydrazone groups is 1. The number of carbonyl (C=O) groups excluding carboxylic acids is 1. The van der Waals surface area contributed by atoms with Crippen LogP contribution < -0.4 is 5.43 Å². The SMILES string of the molecule is CCOC(=O)c1cnc2nn(C)cc2c1NN=C(C)C. The molecule has 0 aliphatic heterocycles. The van der Waals surface area contributed by atoms with Crippen LogP contribution in [-0.2, 0) is 11.8 Å². The minimum atomic E-state index is -0.433. The van der Waals surface area contributed by atoms with Crippen molar-refractivity contribution in [1.82, 2.24) is 14.8 Å². The van der Waals surface area contributed by atoms with Gasteiger partial charge in [0.25, 0.3) is 0 Å². The molecule has 0 saturated carbocycles. The number of aryl methyl sites for hydroxylation is 1. The molecule has 7 heteroatoms. The number of anilines is 1. The van der Waals surface area contributed by atoms with Gasteiger partial charge >= 0.3 is 5.97 Å². The van der Waals surface area contributed by atoms with Crippen molar-refractivity contribution in [2.45, 2.75) is 20.8 Å². The molecule has 2 rings (SSSR count). The average molecular weight is 275 g/mol. The molecule has 7 nitrogen and oxygen atoms in total. The van der Waals surface area contributed by atoms with Crippen molar-refractivity contribution in [1.29, 1.82) is 0 Å². The maximum Gasteiger partial charge on any atom is 0.341 e. The van der Waals surface area contributed by atoms with Gasteiger partial charge in [0.05, 0.1) is 17.7 Å². The van der Waals surface area contributed by atoms with Gasteiger partial charge < -0.3 is 4.74 Å². The molecule has 1 N–H and O–H groups in total. The first-order valence-electron chi connectivity index (χ1n) is 6.29. The van der Waals surface area contributed by atoms with Crippen molar-refractivity contribution >= 4 is 28.4 Å². The third kappa shape index (κ3) is 2.76. The number of hydrogen-bond donors (Lipinski definition) is 1. The molecule has 0 spiro atoms. The van der Waals surface area contributed by atoms with Crippen LogP contribution in [0.25, 0.3) is 11.0 Å². The highest BCUT2D eigenvalue weighted by Crippen LogP contribution is 2.26. The minimum Gasteiger partial charge on any atom is -0.462 e. The third-order valence-corrected chi connectivity index (χ3v) is 2.55. The molecule has 0 amide bonds. The zero-order valence-corrected chi connectivity index (χ0v) is 12.0. The Bertz CT molecular complexity index is 671. The molecule has 0 aliphatic carbocycles. The van der Waals surface area contributed by atoms with Crippen LogP contribution in [0, 0.1) is 0 Å². The molecule has 0 fully saturated rings. The summed E-state index contributed by atoms with van der Waals surface area (Å²) in [5.74, 6) is -0.433. The van der Waals surface area contributed by atoms with Crippen LogP contribution in [0.15, 0.2) is 17.5 Å². The lowest BCUT2D eigenvalue weighted by atomic mass is 10.2. The van der Waals surface area contributed by atoms with E-state index in [0.29, 0.717) is 23.5 Å². The summed E-state index contributed by atoms with van der Waals surface area (Å²) in [6.45, 7) is 5.78. The Balaban J connectivity index is 2.57. The topological polar surface area (TPSA) is 81.4 Å². The molecule has 2 heterocycles. The first-order valence-corrected chi connectivity index (χ1v) is 6.29. The van der Waals surface area contributed by atoms with E-state index in [1.165, 1.54) is 6.20 Å². The number of ether oxygens (including phenoxy) is 1. The highest BCUT2D eigenvalue weighted by Gasteiger charge is 2.18. The Morgan fingerprint density at radius 1 is 1.50 bits per heavy atom. The quantitative estimate of drug-likeness (QED) is 0.524. The van der Waals surface area contributed by atoms with Gasteiger partial charge in [0, 0.05) is 25.2 Å². The van der Waals surface area contributed by atoms with Crippen LogP contribution >= 0.6 is 0 Å². The molecule has 0 bridgehead atoms. The summed E-state index contributed by atoms with van der Waals surface area (Å²) in [5, 5.41) is 9.09. The van der Waals surface area contributed by atoms with Crippen LogP contribution in [0.5, 0.6) is 0 Å². The summed E-state index contributed by atoms with van der Waals surface area (Å²) < 4.78 is 6.68. The van der Waals surface area contributed by atoms with E-state index in [1.807, 2.05) is 13.8 Å². The first kappa shape index (κ1) is 14.0. The lowest BCUT2D eigenvalue weighted by Crippen LogP contribution is -2.09. The van der Waals surface area contributed by atoms with Crippen molar-refractivity contribution in [2.75, 3.05) is 12.0 Å². The van der Waals surface area contributed by atoms with Crippen LogP contribution in [0.2, 0.25) is 0 Å². The Labute approximate surface area is 116 Å². The van der Waals surface area contributed by atoms with Crippen LogP contribution in [0.4, 0.5) is 5.69 Å². The molecule has 2 aromatic heterocycles. The van der Waals surface area contributed by atoms with Crippen LogP contribution in [0.1, 0.15) is 31.1 Å². The maximum absolute atomic E-state index is 12.0. The van der Waals surface area contributed by atoms with Gasteiger partial charge in [-0.2, -0.15) is 10.2 Å². The summed E-state index contributed by atoms with van der Waals surface area (Å²) in [6.07, 6.45) is 3.24. The van der Waals surface area contributed by atoms with Gasteiger partial charge in [-0.3, -0.25) is 10.1 Å². The molecule has 20 heavy (non-hydrogen) atoms. The summed E-state index contributed by atoms with van der Waals surface area (Å²) in [6, 6.07) is 0. The normalized spacial score (nSPS) is 10.4. The summed E-state index contributed by atoms with van der Waals surface area (Å²) in [4.78, 5) is 16.2. The number of fused-ring (bicyclic) bond motifs is 1. The number of aromatic nitrogens is 3. The van der Waals surface area contributed by atoms with Crippen LogP contribution in [-0.4, -0.2) is 33.1 Å². The second-order valence-corrected chi connectivity index (χ2v) is 4.48. The van der Waals surface area contributed by atoms with Gasteiger partial charge in [-0.25, -0.2) is 9.78 Å². The first-order chi connectivity index (χ1) is 9.52. The van der Waals surface area contributed by atoms with Crippen LogP contribution in [0.3, 0.4) is 0 Å². The Kier molecular flexibility index (Phi) is 3.97. The van der Waals surface area contributed by atoms with Crippen molar-refractivity contribution in [3.63, 3.8) is 0 Å². The fourth-order valence-electron chi connectivity index (χ4n) is 1.74. The molecule has 106 valence electrons. The van der Waals surface area contributed by atoms with Crippen molar-refractivity contribution in [3.8, 4) is 0 Å². The second kappa shape index (κ2) is 5.68. The molecular formula is C13H17N5O2. The molecule has 2 aromatic rings. The Morgan fingerprint density at radius 2 is 2.25 bits per heavy atom. The molecule has 0 atom stereocenters. The zero-order chi connectivity index (χ0) is 14.7. The average Bonchev–Trinajstić information content (AvgIpc) is 2.76. The van der Waals surface area contributed by atoms with Gasteiger partial charge in [-0.1, -0.05) is 0 Å². The smallest absolute Gasteiger partial charge is 0.341 e. The highest BCUT2D eigenvalue weighted by atomic mass is 16.5. The summed E-state index contributed by atoms with van der Waals surface area (Å²) in [5.41, 5.74) is 5.19. The van der Waals surface area contributed by atoms with Crippen molar-refractivity contribution in [3.05, 3.63) is 18.0 Å². The van der Waals surface area contributed by atoms with E-state index >= 15 is 0 Å². The van der Waals surface area contributed by atoms with Gasteiger partial charge in [-0.05, 0) is 20.8 Å². The molecule has 0 aromatic carbocycles. The maximum atomic E-state index is 12.0. The third-order valence-electron chi connectivity index (χ3n) is 2.55. The fourth-order valence-corrected chi connectivity index (χ4v) is 1.74. The van der Waals surface area contributed by atoms with Gasteiger partial charge in [0.2, 0.25) is 0 Å². The second-order valence-electron chi connectivity index (χ2n) is 4.48. The Hall–Kier alpha value is -2.44. The zero-order valence-electron chi connectivity index (χ0n) is 12.0. The van der Waals surface area contributed by atoms with Crippen molar-refractivity contribution in [2.24, 2.45) is 12.1 Å². The molecule has 0 unspecified atom stereocenters. The molecular weight excluding hydrogens is 258 g/mol. The lowest BCUT2D eigenvalue weighted by Gasteiger charge is -2.08. The Morgan fingerprint density at radius 3 is 2.90 bits per heavy atom. The fraction of sp³-hybridized carbons (Fsp3) is 0.385. The van der Waals surface area contributed by atoms with E-state index in [0.717, 1.165) is 11.1 Å². The predicted molar refractivity (Wildman–Crippen MR) is 76.9 cm³/mol. The highest BCUT2D eigenvalue weighted by molar-refractivity contribution is 6.04. The molecule has 0 aliphatic rings. The molecule has 0 radical (unpaired) electrons. The van der Waals surface area contributed by atoms with Crippen molar-refractivity contribution < 1.29 is 9.53 Å². The van der Waals surface area contributed by atoms with E-state index in [-0.39, 0.29) is 0 Å². The van der Waals surface area contributed by atoms with E-state index in [9.17, 15) is 4.79 Å². The number of hydrogen-bond acceptors (Lipinski definition) is 6. The largest absolute Gasteiger partial charge is 0.462 e. The number of rotatable bonds is 4. The summed E-state index contributed by atoms with van der Waals surface area (Å²) >= 11 is 0. The molecule has 0 saturated heterocycles. The van der Waals surface area contributed by atoms with E-state index in [4.69, 9.17) is 4.74 Å². The standard InChI is InChI=1S/C13H17N5O2/c1-5-20-13(19)9-6-14-12-10(7-18(4)17-12)11(9)16-15-8(2)3/h6-7,16H,5H2,1-4H3. The van der Waals surface area contributed by atoms with E-state index < -0.39 is 5.97 Å². The van der Waals surface area contributed by atoms with E-state index in [1.54, 1.807) is 24.9 Å². The lowest BCUT2D eigenvalue weighted by molar-refractivity contribution is 0.0527. The van der Waals surface area contributed by atoms with E-state index in [2.05, 4.69) is 20.6 Å². The van der Waals surface area contributed by atoms with Gasteiger partial charge in [0.15, 0.2) is 5.65 Å². The minimum absolute atomic E-state index is 0.305. The van der Waals surface area contributed by atoms with Gasteiger partial charge in [0.1, 0.15) is 5.56 Å². The summed E-state index contributed by atoms with van der Waals surface area (Å²) in [7, 11) is 1.80. The number of nitrogens with zero attached hydrogens (tertiary/aromatic N) is 4. The number of nitrogens with one attached hydrogen (secondary N) is 1. The monoisotopic (exact) mass is 275 g/mol. The predicted octanol–water partition coefficient (Wildman–Crippen LogP) is 1.95. The van der Waals surface area contributed by atoms with Gasteiger partial charge in [-0.15, -0.1) is 0 Å². The number of carbonyl (C=O) groups is 1.